The maximum atomic E-state index is 17.1. The van der Waals surface area contributed by atoms with E-state index in [4.69, 9.17) is 14.5 Å². The largest absolute Gasteiger partial charge is 0.381 e. The van der Waals surface area contributed by atoms with E-state index in [1.54, 1.807) is 12.4 Å². The number of pyridine rings is 1. The summed E-state index contributed by atoms with van der Waals surface area (Å²) in [5.41, 5.74) is 3.24. The standard InChI is InChI=1S/C34H44FN7O2/c1-23-17-28-26(19-39-40-28)29-25(23)9-16-43-15-4-8-24-7-3-12-41(20-24)33(36-2)27-18-37-32(29)30(35)31(27)38-22-44-21-34-10-5-13-42(34)14-6-11-34/h17-19,24,38H,2-16,20-22H2,1H3/b32-29+,33-27+/t24-/m1/s1. The number of halogens is 1. The van der Waals surface area contributed by atoms with Gasteiger partial charge in [-0.1, -0.05) is 0 Å². The molecule has 4 bridgehead atoms. The molecule has 44 heavy (non-hydrogen) atoms. The van der Waals surface area contributed by atoms with E-state index in [-0.39, 0.29) is 17.6 Å². The molecule has 3 saturated heterocycles. The van der Waals surface area contributed by atoms with Crippen LogP contribution >= 0.6 is 0 Å². The Bertz CT molecular complexity index is 1670. The molecule has 0 spiro atoms. The van der Waals surface area contributed by atoms with Crippen LogP contribution in [-0.4, -0.2) is 79.8 Å². The first kappa shape index (κ1) is 29.5. The Morgan fingerprint density at radius 2 is 2.00 bits per heavy atom. The number of anilines is 1. The second-order valence-corrected chi connectivity index (χ2v) is 13.1. The number of azo groups is 1. The van der Waals surface area contributed by atoms with Gasteiger partial charge in [0.1, 0.15) is 17.9 Å². The summed E-state index contributed by atoms with van der Waals surface area (Å²) in [6.45, 7) is 12.1. The molecule has 2 aromatic rings. The van der Waals surface area contributed by atoms with Gasteiger partial charge < -0.3 is 19.7 Å². The molecule has 0 radical (unpaired) electrons. The smallest absolute Gasteiger partial charge is 0.173 e. The van der Waals surface area contributed by atoms with Crippen molar-refractivity contribution in [3.63, 3.8) is 0 Å². The fraction of sp³-hybridized carbons (Fsp3) is 0.588. The monoisotopic (exact) mass is 601 g/mol. The zero-order valence-electron chi connectivity index (χ0n) is 25.9. The molecule has 234 valence electrons. The quantitative estimate of drug-likeness (QED) is 0.298. The van der Waals surface area contributed by atoms with Gasteiger partial charge in [0.2, 0.25) is 0 Å². The fourth-order valence-electron chi connectivity index (χ4n) is 8.24. The van der Waals surface area contributed by atoms with E-state index < -0.39 is 5.82 Å². The molecular formula is C34H44FN7O2. The van der Waals surface area contributed by atoms with Gasteiger partial charge in [0, 0.05) is 41.9 Å². The molecule has 8 rings (SSSR count). The van der Waals surface area contributed by atoms with Crippen LogP contribution in [0.3, 0.4) is 0 Å². The molecule has 10 heteroatoms. The lowest BCUT2D eigenvalue weighted by molar-refractivity contribution is 0.0439. The van der Waals surface area contributed by atoms with Crippen LogP contribution in [0.5, 0.6) is 0 Å². The van der Waals surface area contributed by atoms with Crippen molar-refractivity contribution in [2.24, 2.45) is 21.1 Å². The van der Waals surface area contributed by atoms with Crippen LogP contribution in [0.4, 0.5) is 15.8 Å². The predicted molar refractivity (Wildman–Crippen MR) is 170 cm³/mol. The van der Waals surface area contributed by atoms with Crippen molar-refractivity contribution in [1.29, 1.82) is 0 Å². The van der Waals surface area contributed by atoms with Crippen molar-refractivity contribution in [2.45, 2.75) is 70.3 Å². The van der Waals surface area contributed by atoms with E-state index in [1.165, 1.54) is 19.3 Å². The molecule has 7 heterocycles. The minimum Gasteiger partial charge on any atom is -0.381 e. The van der Waals surface area contributed by atoms with Crippen molar-refractivity contribution >= 4 is 30.1 Å². The highest BCUT2D eigenvalue weighted by Crippen LogP contribution is 2.39. The van der Waals surface area contributed by atoms with Crippen molar-refractivity contribution in [3.05, 3.63) is 50.2 Å². The summed E-state index contributed by atoms with van der Waals surface area (Å²) in [6.07, 6.45) is 13.2. The summed E-state index contributed by atoms with van der Waals surface area (Å²) in [5, 5.41) is 14.3. The Kier molecular flexibility index (Phi) is 8.48. The van der Waals surface area contributed by atoms with Crippen LogP contribution in [0.25, 0.3) is 12.0 Å². The fourth-order valence-corrected chi connectivity index (χ4v) is 8.24. The Labute approximate surface area is 258 Å². The first-order chi connectivity index (χ1) is 21.6. The predicted octanol–water partition coefficient (Wildman–Crippen LogP) is 4.50. The summed E-state index contributed by atoms with van der Waals surface area (Å²) in [6, 6.07) is 2.02. The highest BCUT2D eigenvalue weighted by molar-refractivity contribution is 5.59. The summed E-state index contributed by atoms with van der Waals surface area (Å²) in [5.74, 6) is 0.772. The number of nitrogens with zero attached hydrogens (tertiary/aromatic N) is 6. The normalized spacial score (nSPS) is 25.0. The van der Waals surface area contributed by atoms with E-state index in [0.29, 0.717) is 42.3 Å². The molecule has 1 aromatic heterocycles. The van der Waals surface area contributed by atoms with Gasteiger partial charge in [0.25, 0.3) is 0 Å². The van der Waals surface area contributed by atoms with E-state index in [1.807, 2.05) is 13.0 Å². The van der Waals surface area contributed by atoms with Gasteiger partial charge in [-0.25, -0.2) is 9.38 Å². The number of piperidine rings is 1. The third kappa shape index (κ3) is 5.45. The maximum absolute atomic E-state index is 17.1. The molecular weight excluding hydrogens is 557 g/mol. The van der Waals surface area contributed by atoms with Crippen LogP contribution in [0, 0.1) is 29.2 Å². The van der Waals surface area contributed by atoms with E-state index in [9.17, 15) is 0 Å². The van der Waals surface area contributed by atoms with Gasteiger partial charge in [-0.3, -0.25) is 9.88 Å². The third-order valence-corrected chi connectivity index (χ3v) is 10.4. The summed E-state index contributed by atoms with van der Waals surface area (Å²) < 4.78 is 29.5. The highest BCUT2D eigenvalue weighted by atomic mass is 19.1. The lowest BCUT2D eigenvalue weighted by Gasteiger charge is -2.34. The van der Waals surface area contributed by atoms with Gasteiger partial charge in [-0.05, 0) is 108 Å². The number of benzene rings is 1. The van der Waals surface area contributed by atoms with Crippen LogP contribution < -0.4 is 15.8 Å². The topological polar surface area (TPSA) is 86.9 Å². The molecule has 0 saturated carbocycles. The van der Waals surface area contributed by atoms with Crippen molar-refractivity contribution < 1.29 is 13.9 Å². The lowest BCUT2D eigenvalue weighted by Crippen LogP contribution is -2.43. The first-order valence-electron chi connectivity index (χ1n) is 16.4. The maximum Gasteiger partial charge on any atom is 0.173 e. The number of aryl methyl sites for hydroxylation is 1. The summed E-state index contributed by atoms with van der Waals surface area (Å²) >= 11 is 0. The van der Waals surface area contributed by atoms with E-state index in [2.05, 4.69) is 37.1 Å². The summed E-state index contributed by atoms with van der Waals surface area (Å²) in [7, 11) is 0. The zero-order valence-corrected chi connectivity index (χ0v) is 25.9. The summed E-state index contributed by atoms with van der Waals surface area (Å²) in [4.78, 5) is 14.1. The number of aliphatic imine (C=N–C) groups is 1. The number of hydrogen-bond donors (Lipinski definition) is 1. The minimum atomic E-state index is -0.426. The van der Waals surface area contributed by atoms with Gasteiger partial charge in [0.15, 0.2) is 5.82 Å². The Hall–Kier alpha value is -3.21. The molecule has 0 unspecified atom stereocenters. The van der Waals surface area contributed by atoms with Crippen LogP contribution in [0.2, 0.25) is 0 Å². The number of rotatable bonds is 6. The van der Waals surface area contributed by atoms with Crippen molar-refractivity contribution in [3.8, 4) is 0 Å². The Balaban J connectivity index is 1.37. The molecule has 0 aliphatic carbocycles. The zero-order chi connectivity index (χ0) is 30.1. The van der Waals surface area contributed by atoms with Gasteiger partial charge in [-0.2, -0.15) is 10.2 Å². The second kappa shape index (κ2) is 12.7. The molecule has 1 aromatic carbocycles. The van der Waals surface area contributed by atoms with E-state index in [0.717, 1.165) is 92.1 Å². The number of aromatic nitrogens is 1. The third-order valence-electron chi connectivity index (χ3n) is 10.4. The molecule has 0 amide bonds. The van der Waals surface area contributed by atoms with Crippen molar-refractivity contribution in [2.75, 3.05) is 58.0 Å². The van der Waals surface area contributed by atoms with Crippen molar-refractivity contribution in [1.82, 2.24) is 14.8 Å². The average Bonchev–Trinajstić information content (AvgIpc) is 3.75. The number of hydrogen-bond acceptors (Lipinski definition) is 9. The molecule has 1 atom stereocenters. The number of nitrogens with one attached hydrogen (secondary N) is 1. The van der Waals surface area contributed by atoms with Gasteiger partial charge in [-0.15, -0.1) is 0 Å². The first-order valence-corrected chi connectivity index (χ1v) is 16.4. The van der Waals surface area contributed by atoms with Crippen LogP contribution in [0.1, 0.15) is 62.5 Å². The lowest BCUT2D eigenvalue weighted by atomic mass is 9.93. The Morgan fingerprint density at radius 1 is 1.16 bits per heavy atom. The number of fused-ring (bicyclic) bond motifs is 9. The molecule has 3 fully saturated rings. The van der Waals surface area contributed by atoms with Crippen LogP contribution in [-0.2, 0) is 15.9 Å². The van der Waals surface area contributed by atoms with E-state index >= 15 is 4.39 Å². The second-order valence-electron chi connectivity index (χ2n) is 13.1. The SMILES string of the molecule is C=N/C1=c2/cn/c(c(F)c2NCOCC23CCCN2CCC3)=c2\c(c(C)cc3c2=CN=N3)CCOCCC[C@H]2CCCN1C2. The highest BCUT2D eigenvalue weighted by Gasteiger charge is 2.44. The molecule has 9 nitrogen and oxygen atoms in total. The van der Waals surface area contributed by atoms with Gasteiger partial charge in [0.05, 0.1) is 36.0 Å². The van der Waals surface area contributed by atoms with Gasteiger partial charge >= 0.3 is 0 Å². The molecule has 1 N–H and O–H groups in total. The molecule has 6 aliphatic heterocycles. The Morgan fingerprint density at radius 3 is 2.84 bits per heavy atom. The van der Waals surface area contributed by atoms with Crippen LogP contribution in [0.15, 0.2) is 27.5 Å². The molecule has 6 aliphatic rings. The average molecular weight is 602 g/mol. The number of ether oxygens (including phenoxy) is 2. The minimum absolute atomic E-state index is 0.127.